The Labute approximate surface area is 93.1 Å². The second kappa shape index (κ2) is 4.49. The van der Waals surface area contributed by atoms with Crippen molar-refractivity contribution in [2.24, 2.45) is 5.92 Å². The molecule has 2 N–H and O–H groups in total. The van der Waals surface area contributed by atoms with E-state index in [1.165, 1.54) is 0 Å². The minimum Gasteiger partial charge on any atom is -0.396 e. The molecule has 0 fully saturated rings. The second-order valence-corrected chi connectivity index (χ2v) is 3.98. The van der Waals surface area contributed by atoms with E-state index in [0.717, 1.165) is 6.42 Å². The van der Waals surface area contributed by atoms with Crippen molar-refractivity contribution in [1.29, 1.82) is 0 Å². The molecule has 5 heteroatoms. The monoisotopic (exact) mass is 222 g/mol. The predicted molar refractivity (Wildman–Crippen MR) is 56.8 cm³/mol. The van der Waals surface area contributed by atoms with Crippen LogP contribution < -0.4 is 5.32 Å². The lowest BCUT2D eigenvalue weighted by Crippen LogP contribution is -2.32. The third-order valence-electron chi connectivity index (χ3n) is 2.58. The van der Waals surface area contributed by atoms with Gasteiger partial charge in [0.1, 0.15) is 0 Å². The fraction of sp³-hybridized carbons (Fsp3) is 0.455. The summed E-state index contributed by atoms with van der Waals surface area (Å²) in [5.41, 5.74) is 0.681. The lowest BCUT2D eigenvalue weighted by atomic mass is 10.1. The molecule has 0 saturated carbocycles. The first-order valence-corrected chi connectivity index (χ1v) is 5.22. The standard InChI is InChI=1S/C11H14N2O3/c1-7-4-10(16-13-7)11(15)12-9-3-2-8(5-9)6-14/h2-4,8-9,14H,5-6H2,1H3,(H,12,15)/t8-,9+/m0/s1. The van der Waals surface area contributed by atoms with Crippen molar-refractivity contribution < 1.29 is 14.4 Å². The van der Waals surface area contributed by atoms with Gasteiger partial charge in [0.2, 0.25) is 5.76 Å². The van der Waals surface area contributed by atoms with Gasteiger partial charge in [0.05, 0.1) is 5.69 Å². The van der Waals surface area contributed by atoms with Crippen LogP contribution in [-0.2, 0) is 0 Å². The molecule has 2 atom stereocenters. The summed E-state index contributed by atoms with van der Waals surface area (Å²) >= 11 is 0. The smallest absolute Gasteiger partial charge is 0.290 e. The van der Waals surface area contributed by atoms with E-state index in [0.29, 0.717) is 5.69 Å². The third kappa shape index (κ3) is 2.30. The van der Waals surface area contributed by atoms with Crippen LogP contribution in [0.25, 0.3) is 0 Å². The average Bonchev–Trinajstić information content (AvgIpc) is 2.87. The molecule has 1 aliphatic rings. The van der Waals surface area contributed by atoms with Gasteiger partial charge in [-0.25, -0.2) is 0 Å². The molecule has 0 aromatic carbocycles. The fourth-order valence-corrected chi connectivity index (χ4v) is 1.73. The van der Waals surface area contributed by atoms with Crippen molar-refractivity contribution >= 4 is 5.91 Å². The molecule has 5 nitrogen and oxygen atoms in total. The topological polar surface area (TPSA) is 75.4 Å². The molecule has 0 unspecified atom stereocenters. The number of nitrogens with zero attached hydrogens (tertiary/aromatic N) is 1. The van der Waals surface area contributed by atoms with Crippen molar-refractivity contribution in [3.8, 4) is 0 Å². The van der Waals surface area contributed by atoms with Gasteiger partial charge < -0.3 is 14.9 Å². The minimum absolute atomic E-state index is 0.0324. The number of rotatable bonds is 3. The highest BCUT2D eigenvalue weighted by Crippen LogP contribution is 2.17. The zero-order valence-electron chi connectivity index (χ0n) is 9.01. The van der Waals surface area contributed by atoms with Crippen LogP contribution >= 0.6 is 0 Å². The highest BCUT2D eigenvalue weighted by Gasteiger charge is 2.21. The molecule has 0 aliphatic heterocycles. The Balaban J connectivity index is 1.92. The zero-order chi connectivity index (χ0) is 11.5. The Morgan fingerprint density at radius 2 is 2.50 bits per heavy atom. The van der Waals surface area contributed by atoms with Crippen LogP contribution in [0.1, 0.15) is 22.7 Å². The summed E-state index contributed by atoms with van der Waals surface area (Å²) in [5, 5.41) is 15.4. The van der Waals surface area contributed by atoms with Crippen molar-refractivity contribution in [2.75, 3.05) is 6.61 Å². The van der Waals surface area contributed by atoms with E-state index in [9.17, 15) is 4.79 Å². The summed E-state index contributed by atoms with van der Waals surface area (Å²) in [4.78, 5) is 11.7. The molecule has 16 heavy (non-hydrogen) atoms. The number of aliphatic hydroxyl groups is 1. The number of carbonyl (C=O) groups is 1. The number of nitrogens with one attached hydrogen (secondary N) is 1. The van der Waals surface area contributed by atoms with Crippen LogP contribution in [-0.4, -0.2) is 28.8 Å². The van der Waals surface area contributed by atoms with Gasteiger partial charge in [0, 0.05) is 24.6 Å². The van der Waals surface area contributed by atoms with Gasteiger partial charge in [-0.05, 0) is 13.3 Å². The first kappa shape index (κ1) is 10.9. The Kier molecular flexibility index (Phi) is 3.05. The molecule has 1 amide bonds. The van der Waals surface area contributed by atoms with E-state index in [1.807, 2.05) is 12.2 Å². The summed E-state index contributed by atoms with van der Waals surface area (Å²) in [6.07, 6.45) is 4.54. The molecule has 86 valence electrons. The largest absolute Gasteiger partial charge is 0.396 e. The van der Waals surface area contributed by atoms with Crippen molar-refractivity contribution in [2.45, 2.75) is 19.4 Å². The molecule has 1 aliphatic carbocycles. The number of aryl methyl sites for hydroxylation is 1. The molecule has 2 rings (SSSR count). The van der Waals surface area contributed by atoms with E-state index < -0.39 is 0 Å². The van der Waals surface area contributed by atoms with Crippen LogP contribution in [0, 0.1) is 12.8 Å². The number of aromatic nitrogens is 1. The van der Waals surface area contributed by atoms with Gasteiger partial charge in [-0.2, -0.15) is 0 Å². The second-order valence-electron chi connectivity index (χ2n) is 3.98. The SMILES string of the molecule is Cc1cc(C(=O)N[C@@H]2C=C[C@H](CO)C2)on1. The van der Waals surface area contributed by atoms with Crippen molar-refractivity contribution in [1.82, 2.24) is 10.5 Å². The van der Waals surface area contributed by atoms with E-state index in [2.05, 4.69) is 10.5 Å². The maximum absolute atomic E-state index is 11.7. The molecule has 1 aromatic heterocycles. The highest BCUT2D eigenvalue weighted by atomic mass is 16.5. The predicted octanol–water partition coefficient (Wildman–Crippen LogP) is 0.650. The Bertz CT molecular complexity index is 411. The molecule has 1 heterocycles. The number of aliphatic hydroxyl groups excluding tert-OH is 1. The van der Waals surface area contributed by atoms with Crippen LogP contribution in [0.15, 0.2) is 22.7 Å². The normalized spacial score (nSPS) is 23.6. The summed E-state index contributed by atoms with van der Waals surface area (Å²) < 4.78 is 4.85. The van der Waals surface area contributed by atoms with Crippen molar-refractivity contribution in [3.05, 3.63) is 29.7 Å². The van der Waals surface area contributed by atoms with Gasteiger partial charge in [-0.3, -0.25) is 4.79 Å². The van der Waals surface area contributed by atoms with E-state index in [-0.39, 0.29) is 30.2 Å². The number of hydrogen-bond donors (Lipinski definition) is 2. The van der Waals surface area contributed by atoms with Gasteiger partial charge in [0.25, 0.3) is 5.91 Å². The van der Waals surface area contributed by atoms with E-state index in [1.54, 1.807) is 13.0 Å². The Hall–Kier alpha value is -1.62. The van der Waals surface area contributed by atoms with Gasteiger partial charge in [-0.1, -0.05) is 17.3 Å². The summed E-state index contributed by atoms with van der Waals surface area (Å²) in [6.45, 7) is 1.88. The number of amides is 1. The molecular weight excluding hydrogens is 208 g/mol. The quantitative estimate of drug-likeness (QED) is 0.736. The first-order valence-electron chi connectivity index (χ1n) is 5.22. The molecule has 0 spiro atoms. The Morgan fingerprint density at radius 1 is 1.69 bits per heavy atom. The van der Waals surface area contributed by atoms with Crippen molar-refractivity contribution in [3.63, 3.8) is 0 Å². The molecule has 0 bridgehead atoms. The summed E-state index contributed by atoms with van der Waals surface area (Å²) in [5.74, 6) is 0.0916. The van der Waals surface area contributed by atoms with Crippen LogP contribution in [0.5, 0.6) is 0 Å². The third-order valence-corrected chi connectivity index (χ3v) is 2.58. The maximum Gasteiger partial charge on any atom is 0.290 e. The van der Waals surface area contributed by atoms with E-state index >= 15 is 0 Å². The lowest BCUT2D eigenvalue weighted by Gasteiger charge is -2.10. The Morgan fingerprint density at radius 3 is 3.06 bits per heavy atom. The maximum atomic E-state index is 11.7. The summed E-state index contributed by atoms with van der Waals surface area (Å²) in [7, 11) is 0. The molecular formula is C11H14N2O3. The van der Waals surface area contributed by atoms with Crippen LogP contribution in [0.3, 0.4) is 0 Å². The first-order chi connectivity index (χ1) is 7.69. The summed E-state index contributed by atoms with van der Waals surface area (Å²) in [6, 6.07) is 1.56. The van der Waals surface area contributed by atoms with Gasteiger partial charge in [-0.15, -0.1) is 0 Å². The van der Waals surface area contributed by atoms with Gasteiger partial charge >= 0.3 is 0 Å². The molecule has 0 radical (unpaired) electrons. The van der Waals surface area contributed by atoms with Crippen LogP contribution in [0.2, 0.25) is 0 Å². The van der Waals surface area contributed by atoms with Gasteiger partial charge in [0.15, 0.2) is 0 Å². The number of carbonyl (C=O) groups excluding carboxylic acids is 1. The zero-order valence-corrected chi connectivity index (χ0v) is 9.01. The minimum atomic E-state index is -0.270. The average molecular weight is 222 g/mol. The lowest BCUT2D eigenvalue weighted by molar-refractivity contribution is 0.0904. The van der Waals surface area contributed by atoms with Crippen LogP contribution in [0.4, 0.5) is 0 Å². The number of hydrogen-bond acceptors (Lipinski definition) is 4. The van der Waals surface area contributed by atoms with E-state index in [4.69, 9.17) is 9.63 Å². The fourth-order valence-electron chi connectivity index (χ4n) is 1.73. The highest BCUT2D eigenvalue weighted by molar-refractivity contribution is 5.91. The molecule has 0 saturated heterocycles. The molecule has 1 aromatic rings.